The van der Waals surface area contributed by atoms with Crippen molar-refractivity contribution in [3.05, 3.63) is 98.3 Å². The molecule has 1 aliphatic heterocycles. The molecule has 0 saturated heterocycles. The van der Waals surface area contributed by atoms with Crippen LogP contribution in [0.5, 0.6) is 11.5 Å². The molecular formula is C28H24BrNO5. The van der Waals surface area contributed by atoms with E-state index in [0.717, 1.165) is 22.9 Å². The fraction of sp³-hybridized carbons (Fsp3) is 0.214. The Kier molecular flexibility index (Phi) is 6.34. The van der Waals surface area contributed by atoms with Gasteiger partial charge in [-0.25, -0.2) is 0 Å². The molecule has 1 unspecified atom stereocenters. The van der Waals surface area contributed by atoms with E-state index in [2.05, 4.69) is 22.9 Å². The van der Waals surface area contributed by atoms with Gasteiger partial charge in [-0.3, -0.25) is 14.5 Å². The first-order chi connectivity index (χ1) is 17.0. The number of anilines is 1. The van der Waals surface area contributed by atoms with Gasteiger partial charge in [0.1, 0.15) is 5.58 Å². The summed E-state index contributed by atoms with van der Waals surface area (Å²) in [6, 6.07) is 19.2. The summed E-state index contributed by atoms with van der Waals surface area (Å²) >= 11 is 3.45. The first kappa shape index (κ1) is 23.2. The summed E-state index contributed by atoms with van der Waals surface area (Å²) in [6.07, 6.45) is 1.95. The number of amides is 1. The first-order valence-corrected chi connectivity index (χ1v) is 12.3. The molecule has 3 aromatic carbocycles. The van der Waals surface area contributed by atoms with Crippen LogP contribution in [0.25, 0.3) is 11.0 Å². The van der Waals surface area contributed by atoms with Crippen LogP contribution in [-0.4, -0.2) is 19.6 Å². The fourth-order valence-corrected chi connectivity index (χ4v) is 4.67. The summed E-state index contributed by atoms with van der Waals surface area (Å²) in [5, 5.41) is 0.438. The van der Waals surface area contributed by atoms with Crippen LogP contribution < -0.4 is 19.8 Å². The lowest BCUT2D eigenvalue weighted by molar-refractivity contribution is 0.0971. The van der Waals surface area contributed by atoms with E-state index >= 15 is 0 Å². The van der Waals surface area contributed by atoms with Gasteiger partial charge < -0.3 is 13.9 Å². The van der Waals surface area contributed by atoms with Crippen LogP contribution in [0, 0.1) is 0 Å². The zero-order chi connectivity index (χ0) is 24.5. The summed E-state index contributed by atoms with van der Waals surface area (Å²) in [7, 11) is 1.58. The van der Waals surface area contributed by atoms with E-state index in [4.69, 9.17) is 13.9 Å². The van der Waals surface area contributed by atoms with E-state index in [1.807, 2.05) is 42.5 Å². The molecule has 0 bridgehead atoms. The van der Waals surface area contributed by atoms with Crippen LogP contribution in [0.3, 0.4) is 0 Å². The SMILES string of the molecule is CCCCOc1ccc(C2c3c(oc4ccccc4c3=O)C(=O)N2c2ccc(Br)cc2)cc1OC. The summed E-state index contributed by atoms with van der Waals surface area (Å²) in [4.78, 5) is 29.0. The van der Waals surface area contributed by atoms with Crippen molar-refractivity contribution < 1.29 is 18.7 Å². The van der Waals surface area contributed by atoms with Crippen molar-refractivity contribution in [3.63, 3.8) is 0 Å². The highest BCUT2D eigenvalue weighted by Gasteiger charge is 2.43. The van der Waals surface area contributed by atoms with Crippen LogP contribution in [0.1, 0.15) is 47.5 Å². The van der Waals surface area contributed by atoms with Gasteiger partial charge in [0.2, 0.25) is 5.76 Å². The molecule has 4 aromatic rings. The van der Waals surface area contributed by atoms with Crippen molar-refractivity contribution in [1.82, 2.24) is 0 Å². The number of unbranched alkanes of at least 4 members (excludes halogenated alkanes) is 1. The third-order valence-corrected chi connectivity index (χ3v) is 6.67. The minimum Gasteiger partial charge on any atom is -0.493 e. The number of ether oxygens (including phenoxy) is 2. The Hall–Kier alpha value is -3.58. The van der Waals surface area contributed by atoms with Crippen molar-refractivity contribution in [2.24, 2.45) is 0 Å². The zero-order valence-electron chi connectivity index (χ0n) is 19.4. The van der Waals surface area contributed by atoms with Crippen molar-refractivity contribution >= 4 is 38.5 Å². The van der Waals surface area contributed by atoms with Crippen molar-refractivity contribution in [3.8, 4) is 11.5 Å². The number of nitrogens with zero attached hydrogens (tertiary/aromatic N) is 1. The minimum absolute atomic E-state index is 0.0591. The standard InChI is InChI=1S/C28H24BrNO5/c1-3-4-15-34-22-14-9-17(16-23(22)33-2)25-24-26(31)20-7-5-6-8-21(20)35-27(24)28(32)30(25)19-12-10-18(29)11-13-19/h5-14,16,25H,3-4,15H2,1-2H3. The lowest BCUT2D eigenvalue weighted by Gasteiger charge is -2.26. The summed E-state index contributed by atoms with van der Waals surface area (Å²) in [5.74, 6) is 0.858. The van der Waals surface area contributed by atoms with Crippen LogP contribution in [0.2, 0.25) is 0 Å². The predicted molar refractivity (Wildman–Crippen MR) is 139 cm³/mol. The van der Waals surface area contributed by atoms with Gasteiger partial charge in [0.05, 0.1) is 30.7 Å². The largest absolute Gasteiger partial charge is 0.493 e. The van der Waals surface area contributed by atoms with Crippen LogP contribution in [-0.2, 0) is 0 Å². The first-order valence-electron chi connectivity index (χ1n) is 11.5. The molecule has 0 saturated carbocycles. The lowest BCUT2D eigenvalue weighted by Crippen LogP contribution is -2.29. The third-order valence-electron chi connectivity index (χ3n) is 6.14. The molecule has 35 heavy (non-hydrogen) atoms. The highest BCUT2D eigenvalue weighted by molar-refractivity contribution is 9.10. The van der Waals surface area contributed by atoms with E-state index < -0.39 is 6.04 Å². The average Bonchev–Trinajstić information content (AvgIpc) is 3.17. The molecule has 1 aromatic heterocycles. The van der Waals surface area contributed by atoms with Gasteiger partial charge in [-0.05, 0) is 60.5 Å². The Labute approximate surface area is 211 Å². The van der Waals surface area contributed by atoms with Crippen LogP contribution in [0.4, 0.5) is 5.69 Å². The molecule has 178 valence electrons. The summed E-state index contributed by atoms with van der Waals surface area (Å²) < 4.78 is 18.4. The monoisotopic (exact) mass is 533 g/mol. The number of benzene rings is 3. The zero-order valence-corrected chi connectivity index (χ0v) is 21.0. The number of halogens is 1. The maximum Gasteiger partial charge on any atom is 0.295 e. The third kappa shape index (κ3) is 4.10. The number of carbonyl (C=O) groups excluding carboxylic acids is 1. The summed E-state index contributed by atoms with van der Waals surface area (Å²) in [5.41, 5.74) is 1.86. The van der Waals surface area contributed by atoms with E-state index in [9.17, 15) is 9.59 Å². The summed E-state index contributed by atoms with van der Waals surface area (Å²) in [6.45, 7) is 2.68. The van der Waals surface area contributed by atoms with Crippen molar-refractivity contribution in [2.75, 3.05) is 18.6 Å². The van der Waals surface area contributed by atoms with E-state index in [1.165, 1.54) is 0 Å². The minimum atomic E-state index is -0.682. The molecule has 1 amide bonds. The quantitative estimate of drug-likeness (QED) is 0.254. The van der Waals surface area contributed by atoms with Crippen LogP contribution in [0.15, 0.2) is 80.4 Å². The molecular weight excluding hydrogens is 510 g/mol. The number of hydrogen-bond acceptors (Lipinski definition) is 5. The second-order valence-electron chi connectivity index (χ2n) is 8.34. The Balaban J connectivity index is 1.70. The Bertz CT molecular complexity index is 1460. The number of para-hydroxylation sites is 1. The van der Waals surface area contributed by atoms with Gasteiger partial charge in [-0.1, -0.05) is 47.5 Å². The predicted octanol–water partition coefficient (Wildman–Crippen LogP) is 6.49. The lowest BCUT2D eigenvalue weighted by atomic mass is 9.97. The van der Waals surface area contributed by atoms with Gasteiger partial charge in [0, 0.05) is 10.2 Å². The molecule has 6 nitrogen and oxygen atoms in total. The van der Waals surface area contributed by atoms with Gasteiger partial charge in [0.25, 0.3) is 5.91 Å². The number of hydrogen-bond donors (Lipinski definition) is 0. The van der Waals surface area contributed by atoms with Gasteiger partial charge in [-0.2, -0.15) is 0 Å². The fourth-order valence-electron chi connectivity index (χ4n) is 4.40. The smallest absolute Gasteiger partial charge is 0.295 e. The van der Waals surface area contributed by atoms with E-state index in [0.29, 0.717) is 40.3 Å². The molecule has 0 radical (unpaired) electrons. The number of methoxy groups -OCH3 is 1. The van der Waals surface area contributed by atoms with Gasteiger partial charge >= 0.3 is 0 Å². The topological polar surface area (TPSA) is 69.0 Å². The number of rotatable bonds is 7. The highest BCUT2D eigenvalue weighted by atomic mass is 79.9. The Morgan fingerprint density at radius 3 is 2.51 bits per heavy atom. The molecule has 0 N–H and O–H groups in total. The van der Waals surface area contributed by atoms with Crippen molar-refractivity contribution in [1.29, 1.82) is 0 Å². The maximum atomic E-state index is 13.7. The second kappa shape index (κ2) is 9.58. The second-order valence-corrected chi connectivity index (χ2v) is 9.25. The average molecular weight is 534 g/mol. The molecule has 0 fully saturated rings. The number of fused-ring (bicyclic) bond motifs is 2. The Morgan fingerprint density at radius 1 is 1.00 bits per heavy atom. The molecule has 1 aliphatic rings. The Morgan fingerprint density at radius 2 is 1.77 bits per heavy atom. The maximum absolute atomic E-state index is 13.7. The highest BCUT2D eigenvalue weighted by Crippen LogP contribution is 2.43. The molecule has 2 heterocycles. The normalized spacial score (nSPS) is 14.9. The van der Waals surface area contributed by atoms with E-state index in [1.54, 1.807) is 36.3 Å². The van der Waals surface area contributed by atoms with Crippen molar-refractivity contribution in [2.45, 2.75) is 25.8 Å². The molecule has 0 aliphatic carbocycles. The van der Waals surface area contributed by atoms with Gasteiger partial charge in [0.15, 0.2) is 16.9 Å². The molecule has 0 spiro atoms. The van der Waals surface area contributed by atoms with Gasteiger partial charge in [-0.15, -0.1) is 0 Å². The van der Waals surface area contributed by atoms with Crippen LogP contribution >= 0.6 is 15.9 Å². The van der Waals surface area contributed by atoms with E-state index in [-0.39, 0.29) is 17.1 Å². The molecule has 7 heteroatoms. The molecule has 5 rings (SSSR count). The number of carbonyl (C=O) groups is 1. The molecule has 1 atom stereocenters.